The maximum atomic E-state index is 8.71. The Labute approximate surface area is 99.4 Å². The standard InChI is InChI=1S/C13H27NO2/c1-2-12-5-7-13(11-14,8-6-12)16-10-4-3-9-15/h12,15H,2-11,14H2,1H3. The van der Waals surface area contributed by atoms with Gasteiger partial charge in [-0.2, -0.15) is 0 Å². The molecule has 0 spiro atoms. The number of hydrogen-bond acceptors (Lipinski definition) is 3. The van der Waals surface area contributed by atoms with Gasteiger partial charge in [-0.3, -0.25) is 0 Å². The summed E-state index contributed by atoms with van der Waals surface area (Å²) in [4.78, 5) is 0. The Morgan fingerprint density at radius 1 is 1.31 bits per heavy atom. The highest BCUT2D eigenvalue weighted by Crippen LogP contribution is 2.35. The van der Waals surface area contributed by atoms with Gasteiger partial charge < -0.3 is 15.6 Å². The SMILES string of the molecule is CCC1CCC(CN)(OCCCCO)CC1. The van der Waals surface area contributed by atoms with E-state index >= 15 is 0 Å². The summed E-state index contributed by atoms with van der Waals surface area (Å²) in [7, 11) is 0. The summed E-state index contributed by atoms with van der Waals surface area (Å²) in [5, 5.41) is 8.71. The predicted molar refractivity (Wildman–Crippen MR) is 66.3 cm³/mol. The molecule has 96 valence electrons. The monoisotopic (exact) mass is 229 g/mol. The molecule has 0 heterocycles. The van der Waals surface area contributed by atoms with Gasteiger partial charge in [0, 0.05) is 19.8 Å². The van der Waals surface area contributed by atoms with E-state index in [1.807, 2.05) is 0 Å². The first-order valence-corrected chi connectivity index (χ1v) is 6.71. The summed E-state index contributed by atoms with van der Waals surface area (Å²) in [6.45, 7) is 3.91. The van der Waals surface area contributed by atoms with Crippen molar-refractivity contribution >= 4 is 0 Å². The van der Waals surface area contributed by atoms with E-state index in [2.05, 4.69) is 6.92 Å². The van der Waals surface area contributed by atoms with E-state index in [-0.39, 0.29) is 12.2 Å². The van der Waals surface area contributed by atoms with Crippen LogP contribution in [-0.4, -0.2) is 30.5 Å². The highest BCUT2D eigenvalue weighted by molar-refractivity contribution is 4.88. The maximum absolute atomic E-state index is 8.71. The molecule has 0 unspecified atom stereocenters. The summed E-state index contributed by atoms with van der Waals surface area (Å²) >= 11 is 0. The number of unbranched alkanes of at least 4 members (excludes halogenated alkanes) is 1. The van der Waals surface area contributed by atoms with Crippen LogP contribution >= 0.6 is 0 Å². The number of aliphatic hydroxyl groups is 1. The van der Waals surface area contributed by atoms with Crippen LogP contribution in [0.1, 0.15) is 51.9 Å². The number of rotatable bonds is 7. The highest BCUT2D eigenvalue weighted by atomic mass is 16.5. The average molecular weight is 229 g/mol. The van der Waals surface area contributed by atoms with E-state index < -0.39 is 0 Å². The molecule has 3 heteroatoms. The van der Waals surface area contributed by atoms with Crippen LogP contribution in [0.3, 0.4) is 0 Å². The Kier molecular flexibility index (Phi) is 6.32. The van der Waals surface area contributed by atoms with E-state index in [0.29, 0.717) is 6.54 Å². The topological polar surface area (TPSA) is 55.5 Å². The Morgan fingerprint density at radius 3 is 2.50 bits per heavy atom. The second-order valence-corrected chi connectivity index (χ2v) is 5.02. The lowest BCUT2D eigenvalue weighted by Crippen LogP contribution is -2.44. The number of hydrogen-bond donors (Lipinski definition) is 2. The first-order valence-electron chi connectivity index (χ1n) is 6.71. The Morgan fingerprint density at radius 2 is 2.00 bits per heavy atom. The third-order valence-electron chi connectivity index (χ3n) is 3.93. The van der Waals surface area contributed by atoms with E-state index in [9.17, 15) is 0 Å². The molecule has 0 aromatic carbocycles. The van der Waals surface area contributed by atoms with Crippen molar-refractivity contribution in [2.45, 2.75) is 57.5 Å². The molecule has 0 radical (unpaired) electrons. The molecule has 0 bridgehead atoms. The lowest BCUT2D eigenvalue weighted by molar-refractivity contribution is -0.0731. The maximum Gasteiger partial charge on any atom is 0.0804 e. The van der Waals surface area contributed by atoms with Crippen LogP contribution in [0.2, 0.25) is 0 Å². The van der Waals surface area contributed by atoms with Gasteiger partial charge in [-0.05, 0) is 44.4 Å². The number of nitrogens with two attached hydrogens (primary N) is 1. The third-order valence-corrected chi connectivity index (χ3v) is 3.93. The van der Waals surface area contributed by atoms with Crippen LogP contribution in [0, 0.1) is 5.92 Å². The molecule has 0 saturated heterocycles. The van der Waals surface area contributed by atoms with E-state index in [0.717, 1.165) is 38.2 Å². The van der Waals surface area contributed by atoms with Crippen molar-refractivity contribution in [1.29, 1.82) is 0 Å². The van der Waals surface area contributed by atoms with Crippen molar-refractivity contribution in [2.24, 2.45) is 11.7 Å². The predicted octanol–water partition coefficient (Wildman–Crippen LogP) is 2.07. The second kappa shape index (κ2) is 7.25. The van der Waals surface area contributed by atoms with Gasteiger partial charge in [-0.25, -0.2) is 0 Å². The molecule has 3 N–H and O–H groups in total. The third kappa shape index (κ3) is 4.04. The van der Waals surface area contributed by atoms with Gasteiger partial charge in [-0.1, -0.05) is 13.3 Å². The van der Waals surface area contributed by atoms with Crippen LogP contribution in [0.15, 0.2) is 0 Å². The van der Waals surface area contributed by atoms with Crippen LogP contribution in [0.4, 0.5) is 0 Å². The first kappa shape index (κ1) is 13.9. The zero-order chi connectivity index (χ0) is 11.9. The number of ether oxygens (including phenoxy) is 1. The molecular weight excluding hydrogens is 202 g/mol. The quantitative estimate of drug-likeness (QED) is 0.657. The fraction of sp³-hybridized carbons (Fsp3) is 1.00. The summed E-state index contributed by atoms with van der Waals surface area (Å²) in [5.41, 5.74) is 5.81. The fourth-order valence-corrected chi connectivity index (χ4v) is 2.52. The van der Waals surface area contributed by atoms with Gasteiger partial charge in [0.2, 0.25) is 0 Å². The molecule has 1 fully saturated rings. The highest BCUT2D eigenvalue weighted by Gasteiger charge is 2.34. The zero-order valence-electron chi connectivity index (χ0n) is 10.6. The van der Waals surface area contributed by atoms with Gasteiger partial charge in [-0.15, -0.1) is 0 Å². The normalized spacial score (nSPS) is 30.6. The van der Waals surface area contributed by atoms with Crippen molar-refractivity contribution in [3.63, 3.8) is 0 Å². The van der Waals surface area contributed by atoms with Crippen molar-refractivity contribution in [2.75, 3.05) is 19.8 Å². The lowest BCUT2D eigenvalue weighted by atomic mass is 9.77. The lowest BCUT2D eigenvalue weighted by Gasteiger charge is -2.39. The Bertz CT molecular complexity index is 177. The largest absolute Gasteiger partial charge is 0.396 e. The molecule has 1 aliphatic carbocycles. The number of aliphatic hydroxyl groups excluding tert-OH is 1. The zero-order valence-corrected chi connectivity index (χ0v) is 10.6. The molecule has 1 aliphatic rings. The van der Waals surface area contributed by atoms with Crippen molar-refractivity contribution in [3.05, 3.63) is 0 Å². The van der Waals surface area contributed by atoms with Gasteiger partial charge in [0.1, 0.15) is 0 Å². The Balaban J connectivity index is 2.28. The summed E-state index contributed by atoms with van der Waals surface area (Å²) in [6, 6.07) is 0. The summed E-state index contributed by atoms with van der Waals surface area (Å²) in [5.74, 6) is 0.876. The molecule has 1 rings (SSSR count). The molecule has 0 amide bonds. The molecule has 0 aromatic heterocycles. The molecule has 0 aromatic rings. The Hall–Kier alpha value is -0.120. The molecule has 3 nitrogen and oxygen atoms in total. The van der Waals surface area contributed by atoms with E-state index in [4.69, 9.17) is 15.6 Å². The minimum atomic E-state index is -0.0544. The van der Waals surface area contributed by atoms with Gasteiger partial charge in [0.15, 0.2) is 0 Å². The molecule has 1 saturated carbocycles. The van der Waals surface area contributed by atoms with Gasteiger partial charge in [0.25, 0.3) is 0 Å². The van der Waals surface area contributed by atoms with Crippen LogP contribution in [-0.2, 0) is 4.74 Å². The molecular formula is C13H27NO2. The van der Waals surface area contributed by atoms with Crippen LogP contribution < -0.4 is 5.73 Å². The summed E-state index contributed by atoms with van der Waals surface area (Å²) in [6.07, 6.45) is 7.79. The smallest absolute Gasteiger partial charge is 0.0804 e. The van der Waals surface area contributed by atoms with Crippen LogP contribution in [0.25, 0.3) is 0 Å². The minimum Gasteiger partial charge on any atom is -0.396 e. The first-order chi connectivity index (χ1) is 7.76. The molecule has 0 aliphatic heterocycles. The van der Waals surface area contributed by atoms with E-state index in [1.54, 1.807) is 0 Å². The molecule has 0 atom stereocenters. The summed E-state index contributed by atoms with van der Waals surface area (Å²) < 4.78 is 5.98. The second-order valence-electron chi connectivity index (χ2n) is 5.02. The van der Waals surface area contributed by atoms with Crippen molar-refractivity contribution in [1.82, 2.24) is 0 Å². The van der Waals surface area contributed by atoms with E-state index in [1.165, 1.54) is 19.3 Å². The minimum absolute atomic E-state index is 0.0544. The van der Waals surface area contributed by atoms with Crippen LogP contribution in [0.5, 0.6) is 0 Å². The average Bonchev–Trinajstić information content (AvgIpc) is 2.35. The van der Waals surface area contributed by atoms with Crippen molar-refractivity contribution in [3.8, 4) is 0 Å². The van der Waals surface area contributed by atoms with Gasteiger partial charge >= 0.3 is 0 Å². The van der Waals surface area contributed by atoms with Gasteiger partial charge in [0.05, 0.1) is 5.60 Å². The molecule has 16 heavy (non-hydrogen) atoms. The fourth-order valence-electron chi connectivity index (χ4n) is 2.52. The van der Waals surface area contributed by atoms with Crippen molar-refractivity contribution < 1.29 is 9.84 Å².